The number of imidazole rings is 1. The molecule has 1 fully saturated rings. The SMILES string of the molecule is O=[N+]([O-])c1ccc(N2CCCC2)cc1-n1ccnc1. The highest BCUT2D eigenvalue weighted by molar-refractivity contribution is 5.63. The van der Waals surface area contributed by atoms with Crippen molar-refractivity contribution in [1.82, 2.24) is 9.55 Å². The first-order valence-electron chi connectivity index (χ1n) is 6.27. The molecule has 0 spiro atoms. The van der Waals surface area contributed by atoms with E-state index in [0.717, 1.165) is 18.8 Å². The fourth-order valence-electron chi connectivity index (χ4n) is 2.45. The van der Waals surface area contributed by atoms with Gasteiger partial charge in [-0.15, -0.1) is 0 Å². The fourth-order valence-corrected chi connectivity index (χ4v) is 2.45. The van der Waals surface area contributed by atoms with Crippen molar-refractivity contribution in [1.29, 1.82) is 0 Å². The molecular formula is C13H14N4O2. The van der Waals surface area contributed by atoms with Crippen LogP contribution in [0.25, 0.3) is 5.69 Å². The largest absolute Gasteiger partial charge is 0.371 e. The van der Waals surface area contributed by atoms with Gasteiger partial charge in [-0.1, -0.05) is 0 Å². The standard InChI is InChI=1S/C13H14N4O2/c18-17(19)12-4-3-11(15-6-1-2-7-15)9-13(12)16-8-5-14-10-16/h3-5,8-10H,1-2,6-7H2. The van der Waals surface area contributed by atoms with Crippen molar-refractivity contribution < 1.29 is 4.92 Å². The quantitative estimate of drug-likeness (QED) is 0.626. The minimum atomic E-state index is -0.358. The summed E-state index contributed by atoms with van der Waals surface area (Å²) < 4.78 is 1.68. The molecule has 0 atom stereocenters. The normalized spacial score (nSPS) is 14.8. The van der Waals surface area contributed by atoms with Crippen LogP contribution in [-0.2, 0) is 0 Å². The molecule has 6 nitrogen and oxygen atoms in total. The van der Waals surface area contributed by atoms with Crippen LogP contribution in [0.1, 0.15) is 12.8 Å². The van der Waals surface area contributed by atoms with Crippen LogP contribution < -0.4 is 4.90 Å². The van der Waals surface area contributed by atoms with Crippen molar-refractivity contribution in [2.24, 2.45) is 0 Å². The Bertz CT molecular complexity index is 589. The first kappa shape index (κ1) is 11.7. The molecule has 3 rings (SSSR count). The highest BCUT2D eigenvalue weighted by atomic mass is 16.6. The summed E-state index contributed by atoms with van der Waals surface area (Å²) in [5, 5.41) is 11.1. The molecule has 1 aromatic carbocycles. The lowest BCUT2D eigenvalue weighted by Crippen LogP contribution is -2.17. The van der Waals surface area contributed by atoms with Crippen molar-refractivity contribution >= 4 is 11.4 Å². The van der Waals surface area contributed by atoms with E-state index in [1.54, 1.807) is 29.4 Å². The van der Waals surface area contributed by atoms with Crippen LogP contribution in [0.4, 0.5) is 11.4 Å². The summed E-state index contributed by atoms with van der Waals surface area (Å²) >= 11 is 0. The number of nitrogens with zero attached hydrogens (tertiary/aromatic N) is 4. The van der Waals surface area contributed by atoms with Crippen LogP contribution in [0.15, 0.2) is 36.9 Å². The third-order valence-corrected chi connectivity index (χ3v) is 3.41. The van der Waals surface area contributed by atoms with Crippen molar-refractivity contribution in [2.45, 2.75) is 12.8 Å². The Morgan fingerprint density at radius 3 is 2.68 bits per heavy atom. The van der Waals surface area contributed by atoms with Crippen LogP contribution in [0.3, 0.4) is 0 Å². The molecule has 2 heterocycles. The number of benzene rings is 1. The molecular weight excluding hydrogens is 244 g/mol. The van der Waals surface area contributed by atoms with E-state index in [1.165, 1.54) is 12.8 Å². The Morgan fingerprint density at radius 2 is 2.05 bits per heavy atom. The second-order valence-electron chi connectivity index (χ2n) is 4.59. The average molecular weight is 258 g/mol. The summed E-state index contributed by atoms with van der Waals surface area (Å²) in [6.07, 6.45) is 7.27. The maximum absolute atomic E-state index is 11.1. The maximum Gasteiger partial charge on any atom is 0.293 e. The molecule has 0 bridgehead atoms. The third kappa shape index (κ3) is 2.16. The van der Waals surface area contributed by atoms with E-state index < -0.39 is 0 Å². The van der Waals surface area contributed by atoms with Crippen molar-refractivity contribution in [2.75, 3.05) is 18.0 Å². The fraction of sp³-hybridized carbons (Fsp3) is 0.308. The van der Waals surface area contributed by atoms with Crippen molar-refractivity contribution in [3.05, 3.63) is 47.0 Å². The number of nitro groups is 1. The molecule has 0 amide bonds. The van der Waals surface area contributed by atoms with E-state index >= 15 is 0 Å². The lowest BCUT2D eigenvalue weighted by atomic mass is 10.2. The lowest BCUT2D eigenvalue weighted by molar-refractivity contribution is -0.384. The van der Waals surface area contributed by atoms with Crippen LogP contribution in [0, 0.1) is 10.1 Å². The highest BCUT2D eigenvalue weighted by Crippen LogP contribution is 2.29. The molecule has 1 aliphatic rings. The van der Waals surface area contributed by atoms with Gasteiger partial charge in [-0.05, 0) is 25.0 Å². The number of aromatic nitrogens is 2. The predicted molar refractivity (Wildman–Crippen MR) is 71.7 cm³/mol. The lowest BCUT2D eigenvalue weighted by Gasteiger charge is -2.18. The van der Waals surface area contributed by atoms with Gasteiger partial charge in [-0.3, -0.25) is 10.1 Å². The highest BCUT2D eigenvalue weighted by Gasteiger charge is 2.19. The van der Waals surface area contributed by atoms with Crippen molar-refractivity contribution in [3.63, 3.8) is 0 Å². The van der Waals surface area contributed by atoms with Gasteiger partial charge in [0.15, 0.2) is 0 Å². The van der Waals surface area contributed by atoms with E-state index in [9.17, 15) is 10.1 Å². The zero-order chi connectivity index (χ0) is 13.2. The molecule has 1 saturated heterocycles. The van der Waals surface area contributed by atoms with E-state index in [4.69, 9.17) is 0 Å². The maximum atomic E-state index is 11.1. The summed E-state index contributed by atoms with van der Waals surface area (Å²) in [6, 6.07) is 5.26. The van der Waals surface area contributed by atoms with Gasteiger partial charge in [0.1, 0.15) is 5.69 Å². The van der Waals surface area contributed by atoms with Crippen LogP contribution in [0.2, 0.25) is 0 Å². The van der Waals surface area contributed by atoms with Gasteiger partial charge in [0.05, 0.1) is 11.3 Å². The molecule has 1 aromatic heterocycles. The second-order valence-corrected chi connectivity index (χ2v) is 4.59. The number of hydrogen-bond acceptors (Lipinski definition) is 4. The molecule has 6 heteroatoms. The number of anilines is 1. The minimum absolute atomic E-state index is 0.0981. The summed E-state index contributed by atoms with van der Waals surface area (Å²) in [6.45, 7) is 2.03. The van der Waals surface area contributed by atoms with Gasteiger partial charge in [-0.25, -0.2) is 4.98 Å². The summed E-state index contributed by atoms with van der Waals surface area (Å²) in [5.41, 5.74) is 1.69. The summed E-state index contributed by atoms with van der Waals surface area (Å²) in [7, 11) is 0. The van der Waals surface area contributed by atoms with E-state index in [2.05, 4.69) is 9.88 Å². The molecule has 2 aromatic rings. The van der Waals surface area contributed by atoms with Gasteiger partial charge in [0.2, 0.25) is 0 Å². The molecule has 1 aliphatic heterocycles. The molecule has 0 radical (unpaired) electrons. The number of nitro benzene ring substituents is 1. The molecule has 0 N–H and O–H groups in total. The summed E-state index contributed by atoms with van der Waals surface area (Å²) in [5.74, 6) is 0. The van der Waals surface area contributed by atoms with E-state index in [1.807, 2.05) is 12.1 Å². The molecule has 0 unspecified atom stereocenters. The van der Waals surface area contributed by atoms with E-state index in [-0.39, 0.29) is 10.6 Å². The Morgan fingerprint density at radius 1 is 1.26 bits per heavy atom. The second kappa shape index (κ2) is 4.72. The molecule has 0 aliphatic carbocycles. The Labute approximate surface area is 110 Å². The predicted octanol–water partition coefficient (Wildman–Crippen LogP) is 2.38. The molecule has 98 valence electrons. The monoisotopic (exact) mass is 258 g/mol. The van der Waals surface area contributed by atoms with Gasteiger partial charge in [-0.2, -0.15) is 0 Å². The molecule has 0 saturated carbocycles. The Hall–Kier alpha value is -2.37. The zero-order valence-corrected chi connectivity index (χ0v) is 10.4. The molecule has 19 heavy (non-hydrogen) atoms. The third-order valence-electron chi connectivity index (χ3n) is 3.41. The smallest absolute Gasteiger partial charge is 0.293 e. The van der Waals surface area contributed by atoms with Gasteiger partial charge >= 0.3 is 0 Å². The van der Waals surface area contributed by atoms with Crippen LogP contribution in [-0.4, -0.2) is 27.6 Å². The van der Waals surface area contributed by atoms with Gasteiger partial charge < -0.3 is 9.47 Å². The Balaban J connectivity index is 2.07. The van der Waals surface area contributed by atoms with Gasteiger partial charge in [0, 0.05) is 37.2 Å². The minimum Gasteiger partial charge on any atom is -0.371 e. The topological polar surface area (TPSA) is 64.2 Å². The van der Waals surface area contributed by atoms with Crippen LogP contribution in [0.5, 0.6) is 0 Å². The first-order chi connectivity index (χ1) is 9.25. The number of hydrogen-bond donors (Lipinski definition) is 0. The van der Waals surface area contributed by atoms with Crippen molar-refractivity contribution in [3.8, 4) is 5.69 Å². The average Bonchev–Trinajstić information content (AvgIpc) is 3.11. The zero-order valence-electron chi connectivity index (χ0n) is 10.4. The van der Waals surface area contributed by atoms with Gasteiger partial charge in [0.25, 0.3) is 5.69 Å². The Kier molecular flexibility index (Phi) is 2.91. The first-order valence-corrected chi connectivity index (χ1v) is 6.27. The summed E-state index contributed by atoms with van der Waals surface area (Å²) in [4.78, 5) is 17.0. The van der Waals surface area contributed by atoms with Crippen LogP contribution >= 0.6 is 0 Å². The number of rotatable bonds is 3. The van der Waals surface area contributed by atoms with E-state index in [0.29, 0.717) is 5.69 Å².